The first-order valence-electron chi connectivity index (χ1n) is 6.90. The zero-order chi connectivity index (χ0) is 18.3. The maximum Gasteiger partial charge on any atom is 0.335 e. The SMILES string of the molecule is Cc1cc(Br)ccc1N1C(=O)NC(=O)/C(=C\c2cc(Br)c(I)o2)C1=O. The second kappa shape index (κ2) is 7.04. The molecule has 0 saturated carbocycles. The number of nitrogens with zero attached hydrogens (tertiary/aromatic N) is 1. The minimum absolute atomic E-state index is 0.181. The number of hydrogen-bond donors (Lipinski definition) is 1. The Balaban J connectivity index is 2.05. The molecular formula is C16H9Br2IN2O4. The third kappa shape index (κ3) is 3.58. The molecule has 1 aliphatic heterocycles. The van der Waals surface area contributed by atoms with E-state index in [1.165, 1.54) is 6.08 Å². The molecule has 0 bridgehead atoms. The van der Waals surface area contributed by atoms with Crippen LogP contribution >= 0.6 is 54.5 Å². The minimum atomic E-state index is -0.784. The standard InChI is InChI=1S/C16H9Br2IN2O4/c1-7-4-8(17)2-3-12(7)21-15(23)10(14(22)20-16(21)24)5-9-6-11(18)13(19)25-9/h2-6H,1H3,(H,20,22,24)/b10-5+. The number of aryl methyl sites for hydroxylation is 1. The van der Waals surface area contributed by atoms with Gasteiger partial charge >= 0.3 is 6.03 Å². The molecule has 6 nitrogen and oxygen atoms in total. The van der Waals surface area contributed by atoms with Gasteiger partial charge in [-0.3, -0.25) is 14.9 Å². The number of urea groups is 1. The fourth-order valence-corrected chi connectivity index (χ4v) is 3.51. The molecule has 1 N–H and O–H groups in total. The highest BCUT2D eigenvalue weighted by Gasteiger charge is 2.37. The third-order valence-corrected chi connectivity index (χ3v) is 6.08. The molecule has 1 aromatic carbocycles. The summed E-state index contributed by atoms with van der Waals surface area (Å²) in [6.45, 7) is 1.77. The van der Waals surface area contributed by atoms with Gasteiger partial charge in [0, 0.05) is 27.1 Å². The van der Waals surface area contributed by atoms with Crippen LogP contribution in [0.25, 0.3) is 6.08 Å². The van der Waals surface area contributed by atoms with Crippen molar-refractivity contribution in [1.82, 2.24) is 5.32 Å². The van der Waals surface area contributed by atoms with Gasteiger partial charge in [0.15, 0.2) is 3.77 Å². The van der Waals surface area contributed by atoms with Gasteiger partial charge in [0.2, 0.25) is 0 Å². The molecule has 0 spiro atoms. The van der Waals surface area contributed by atoms with Gasteiger partial charge in [-0.15, -0.1) is 0 Å². The van der Waals surface area contributed by atoms with Gasteiger partial charge in [0.25, 0.3) is 11.8 Å². The molecule has 2 heterocycles. The van der Waals surface area contributed by atoms with Crippen LogP contribution in [0, 0.1) is 10.7 Å². The molecule has 2 aromatic rings. The molecular weight excluding hydrogens is 571 g/mol. The smallest absolute Gasteiger partial charge is 0.335 e. The second-order valence-corrected chi connectivity index (χ2v) is 7.91. The summed E-state index contributed by atoms with van der Waals surface area (Å²) in [6, 6.07) is 5.99. The predicted octanol–water partition coefficient (Wildman–Crippen LogP) is 4.38. The van der Waals surface area contributed by atoms with Crippen molar-refractivity contribution in [1.29, 1.82) is 0 Å². The van der Waals surface area contributed by atoms with Gasteiger partial charge < -0.3 is 4.42 Å². The summed E-state index contributed by atoms with van der Waals surface area (Å²) in [5.41, 5.74) is 0.931. The lowest BCUT2D eigenvalue weighted by Crippen LogP contribution is -2.54. The highest BCUT2D eigenvalue weighted by atomic mass is 127. The van der Waals surface area contributed by atoms with Crippen molar-refractivity contribution in [2.24, 2.45) is 0 Å². The van der Waals surface area contributed by atoms with Crippen molar-refractivity contribution in [2.75, 3.05) is 4.90 Å². The number of carbonyl (C=O) groups is 3. The molecule has 9 heteroatoms. The van der Waals surface area contributed by atoms with Crippen LogP contribution in [0.4, 0.5) is 10.5 Å². The predicted molar refractivity (Wildman–Crippen MR) is 107 cm³/mol. The van der Waals surface area contributed by atoms with Crippen LogP contribution in [-0.4, -0.2) is 17.8 Å². The Morgan fingerprint density at radius 2 is 1.92 bits per heavy atom. The number of hydrogen-bond acceptors (Lipinski definition) is 4. The van der Waals surface area contributed by atoms with Crippen molar-refractivity contribution in [3.63, 3.8) is 0 Å². The topological polar surface area (TPSA) is 79.6 Å². The van der Waals surface area contributed by atoms with Gasteiger partial charge in [-0.2, -0.15) is 0 Å². The van der Waals surface area contributed by atoms with Crippen LogP contribution in [0.15, 0.2) is 43.2 Å². The Morgan fingerprint density at radius 1 is 1.20 bits per heavy atom. The van der Waals surface area contributed by atoms with Gasteiger partial charge in [-0.05, 0) is 58.8 Å². The summed E-state index contributed by atoms with van der Waals surface area (Å²) in [4.78, 5) is 38.1. The molecule has 0 atom stereocenters. The summed E-state index contributed by atoms with van der Waals surface area (Å²) < 4.78 is 7.56. The van der Waals surface area contributed by atoms with E-state index in [1.807, 2.05) is 22.6 Å². The van der Waals surface area contributed by atoms with Crippen LogP contribution in [0.3, 0.4) is 0 Å². The number of barbiturate groups is 1. The van der Waals surface area contributed by atoms with E-state index in [4.69, 9.17) is 4.42 Å². The van der Waals surface area contributed by atoms with E-state index in [9.17, 15) is 14.4 Å². The maximum absolute atomic E-state index is 12.8. The number of benzene rings is 1. The van der Waals surface area contributed by atoms with Crippen LogP contribution in [0.2, 0.25) is 0 Å². The van der Waals surface area contributed by atoms with E-state index in [0.717, 1.165) is 9.37 Å². The van der Waals surface area contributed by atoms with Gasteiger partial charge in [0.05, 0.1) is 10.2 Å². The summed E-state index contributed by atoms with van der Waals surface area (Å²) in [5.74, 6) is -1.14. The number of carbonyl (C=O) groups excluding carboxylic acids is 3. The van der Waals surface area contributed by atoms with E-state index < -0.39 is 17.8 Å². The molecule has 1 aliphatic rings. The molecule has 3 rings (SSSR count). The van der Waals surface area contributed by atoms with Crippen LogP contribution in [0.1, 0.15) is 11.3 Å². The number of nitrogens with one attached hydrogen (secondary N) is 1. The van der Waals surface area contributed by atoms with E-state index in [2.05, 4.69) is 37.2 Å². The van der Waals surface area contributed by atoms with E-state index in [1.54, 1.807) is 31.2 Å². The Hall–Kier alpha value is -1.46. The summed E-state index contributed by atoms with van der Waals surface area (Å²) in [5, 5.41) is 2.18. The van der Waals surface area contributed by atoms with Crippen LogP contribution in [-0.2, 0) is 9.59 Å². The second-order valence-electron chi connectivity index (χ2n) is 5.16. The minimum Gasteiger partial charge on any atom is -0.450 e. The normalized spacial score (nSPS) is 16.6. The van der Waals surface area contributed by atoms with Crippen molar-refractivity contribution in [2.45, 2.75) is 6.92 Å². The number of amides is 4. The van der Waals surface area contributed by atoms with Crippen molar-refractivity contribution in [3.8, 4) is 0 Å². The van der Waals surface area contributed by atoms with E-state index in [0.29, 0.717) is 25.3 Å². The molecule has 1 aromatic heterocycles. The largest absolute Gasteiger partial charge is 0.450 e. The molecule has 4 amide bonds. The monoisotopic (exact) mass is 578 g/mol. The van der Waals surface area contributed by atoms with Crippen LogP contribution in [0.5, 0.6) is 0 Å². The Kier molecular flexibility index (Phi) is 5.16. The van der Waals surface area contributed by atoms with Gasteiger partial charge in [-0.25, -0.2) is 9.69 Å². The number of furan rings is 1. The maximum atomic E-state index is 12.8. The Labute approximate surface area is 173 Å². The van der Waals surface area contributed by atoms with Gasteiger partial charge in [0.1, 0.15) is 11.3 Å². The first kappa shape index (κ1) is 18.3. The van der Waals surface area contributed by atoms with E-state index >= 15 is 0 Å². The molecule has 128 valence electrons. The van der Waals surface area contributed by atoms with Crippen molar-refractivity contribution in [3.05, 3.63) is 53.9 Å². The molecule has 0 radical (unpaired) electrons. The van der Waals surface area contributed by atoms with Crippen molar-refractivity contribution < 1.29 is 18.8 Å². The molecule has 25 heavy (non-hydrogen) atoms. The lowest BCUT2D eigenvalue weighted by molar-refractivity contribution is -0.122. The zero-order valence-electron chi connectivity index (χ0n) is 12.6. The fourth-order valence-electron chi connectivity index (χ4n) is 2.32. The van der Waals surface area contributed by atoms with Crippen LogP contribution < -0.4 is 10.2 Å². The number of imide groups is 2. The first-order valence-corrected chi connectivity index (χ1v) is 9.57. The number of halogens is 3. The average Bonchev–Trinajstić information content (AvgIpc) is 2.84. The summed E-state index contributed by atoms with van der Waals surface area (Å²) >= 11 is 8.62. The molecule has 1 saturated heterocycles. The fraction of sp³-hybridized carbons (Fsp3) is 0.0625. The molecule has 0 unspecified atom stereocenters. The Bertz CT molecular complexity index is 932. The molecule has 0 aliphatic carbocycles. The van der Waals surface area contributed by atoms with Crippen molar-refractivity contribution >= 4 is 84.1 Å². The lowest BCUT2D eigenvalue weighted by Gasteiger charge is -2.27. The number of anilines is 1. The quantitative estimate of drug-likeness (QED) is 0.325. The van der Waals surface area contributed by atoms with E-state index in [-0.39, 0.29) is 5.57 Å². The van der Waals surface area contributed by atoms with Gasteiger partial charge in [-0.1, -0.05) is 15.9 Å². The third-order valence-electron chi connectivity index (χ3n) is 3.45. The highest BCUT2D eigenvalue weighted by Crippen LogP contribution is 2.29. The lowest BCUT2D eigenvalue weighted by atomic mass is 10.1. The highest BCUT2D eigenvalue weighted by molar-refractivity contribution is 14.1. The summed E-state index contributed by atoms with van der Waals surface area (Å²) in [6.07, 6.45) is 1.32. The summed E-state index contributed by atoms with van der Waals surface area (Å²) in [7, 11) is 0. The Morgan fingerprint density at radius 3 is 2.52 bits per heavy atom. The molecule has 1 fully saturated rings. The first-order chi connectivity index (χ1) is 11.8. The zero-order valence-corrected chi connectivity index (χ0v) is 17.9. The average molecular weight is 580 g/mol. The number of rotatable bonds is 2.